The van der Waals surface area contributed by atoms with Crippen LogP contribution in [0.3, 0.4) is 0 Å². The van der Waals surface area contributed by atoms with Crippen molar-refractivity contribution in [2.45, 2.75) is 69.4 Å². The lowest BCUT2D eigenvalue weighted by Gasteiger charge is -2.33. The van der Waals surface area contributed by atoms with Crippen molar-refractivity contribution in [3.8, 4) is 5.75 Å². The second kappa shape index (κ2) is 15.0. The first-order valence-corrected chi connectivity index (χ1v) is 16.5. The average molecular weight is 637 g/mol. The van der Waals surface area contributed by atoms with Crippen molar-refractivity contribution in [3.05, 3.63) is 94.0 Å². The number of rotatable bonds is 13. The molecular formula is C33H40N4O7S. The van der Waals surface area contributed by atoms with Gasteiger partial charge in [0.05, 0.1) is 22.6 Å². The second-order valence-corrected chi connectivity index (χ2v) is 13.1. The van der Waals surface area contributed by atoms with Crippen LogP contribution in [0.4, 0.5) is 11.4 Å². The highest BCUT2D eigenvalue weighted by Crippen LogP contribution is 2.29. The van der Waals surface area contributed by atoms with Crippen molar-refractivity contribution in [2.75, 3.05) is 24.5 Å². The smallest absolute Gasteiger partial charge is 0.273 e. The van der Waals surface area contributed by atoms with Crippen LogP contribution >= 0.6 is 0 Å². The predicted molar refractivity (Wildman–Crippen MR) is 172 cm³/mol. The first kappa shape index (κ1) is 33.4. The highest BCUT2D eigenvalue weighted by Gasteiger charge is 2.34. The van der Waals surface area contributed by atoms with Crippen molar-refractivity contribution < 1.29 is 27.7 Å². The summed E-state index contributed by atoms with van der Waals surface area (Å²) < 4.78 is 34.3. The minimum absolute atomic E-state index is 0.0354. The van der Waals surface area contributed by atoms with Crippen LogP contribution in [0.25, 0.3) is 0 Å². The number of amides is 2. The number of carbonyl (C=O) groups excluding carboxylic acids is 2. The molecule has 1 aliphatic carbocycles. The molecule has 0 aliphatic heterocycles. The molecule has 11 nitrogen and oxygen atoms in total. The first-order valence-electron chi connectivity index (χ1n) is 15.1. The van der Waals surface area contributed by atoms with Gasteiger partial charge in [0.2, 0.25) is 11.8 Å². The van der Waals surface area contributed by atoms with E-state index in [2.05, 4.69) is 5.32 Å². The molecule has 0 aromatic heterocycles. The summed E-state index contributed by atoms with van der Waals surface area (Å²) in [5, 5.41) is 14.7. The Morgan fingerprint density at radius 3 is 2.31 bits per heavy atom. The molecule has 1 atom stereocenters. The number of benzene rings is 3. The Morgan fingerprint density at radius 2 is 1.69 bits per heavy atom. The molecule has 1 saturated carbocycles. The molecule has 1 N–H and O–H groups in total. The fourth-order valence-electron chi connectivity index (χ4n) is 5.49. The monoisotopic (exact) mass is 636 g/mol. The first-order chi connectivity index (χ1) is 21.5. The molecule has 12 heteroatoms. The summed E-state index contributed by atoms with van der Waals surface area (Å²) in [6.45, 7) is 2.71. The lowest BCUT2D eigenvalue weighted by Crippen LogP contribution is -2.53. The molecule has 4 rings (SSSR count). The van der Waals surface area contributed by atoms with Gasteiger partial charge in [-0.2, -0.15) is 0 Å². The molecule has 1 aliphatic rings. The Kier molecular flexibility index (Phi) is 11.2. The topological polar surface area (TPSA) is 139 Å². The molecule has 0 unspecified atom stereocenters. The van der Waals surface area contributed by atoms with Crippen LogP contribution in [0.15, 0.2) is 77.7 Å². The van der Waals surface area contributed by atoms with Gasteiger partial charge in [0.15, 0.2) is 0 Å². The fraction of sp³-hybridized carbons (Fsp3) is 0.394. The summed E-state index contributed by atoms with van der Waals surface area (Å²) in [5.41, 5.74) is 1.07. The zero-order valence-electron chi connectivity index (χ0n) is 25.8. The van der Waals surface area contributed by atoms with Crippen molar-refractivity contribution in [1.29, 1.82) is 0 Å². The Balaban J connectivity index is 1.69. The third kappa shape index (κ3) is 8.39. The standard InChI is InChI=1S/C33H40N4O7S/c1-24-14-19-30(22-31(24)37(40)41)45(42,43)36(28-15-17-29(44-3)18-16-28)23-32(38)35(21-20-26-10-6-4-7-11-26)25(2)33(39)34-27-12-8-5-9-13-27/h4,6-7,10-11,14-19,22,25,27H,5,8-9,12-13,20-21,23H2,1-3H3,(H,34,39)/t25-/m1/s1. The predicted octanol–water partition coefficient (Wildman–Crippen LogP) is 5.02. The number of aryl methyl sites for hydroxylation is 1. The number of hydrogen-bond acceptors (Lipinski definition) is 7. The van der Waals surface area contributed by atoms with Crippen LogP contribution in [-0.2, 0) is 26.0 Å². The van der Waals surface area contributed by atoms with Gasteiger partial charge < -0.3 is 15.0 Å². The van der Waals surface area contributed by atoms with Gasteiger partial charge in [0, 0.05) is 24.2 Å². The molecule has 0 spiro atoms. The van der Waals surface area contributed by atoms with Crippen molar-refractivity contribution in [3.63, 3.8) is 0 Å². The number of sulfonamides is 1. The largest absolute Gasteiger partial charge is 0.497 e. The third-order valence-corrected chi connectivity index (χ3v) is 9.98. The maximum Gasteiger partial charge on any atom is 0.273 e. The van der Waals surface area contributed by atoms with E-state index in [0.717, 1.165) is 48.0 Å². The third-order valence-electron chi connectivity index (χ3n) is 8.21. The van der Waals surface area contributed by atoms with Gasteiger partial charge in [-0.25, -0.2) is 8.42 Å². The van der Waals surface area contributed by atoms with Crippen LogP contribution in [0.5, 0.6) is 5.75 Å². The number of nitro groups is 1. The van der Waals surface area contributed by atoms with E-state index in [-0.39, 0.29) is 34.8 Å². The molecule has 3 aromatic carbocycles. The van der Waals surface area contributed by atoms with Gasteiger partial charge in [-0.05, 0) is 69.0 Å². The summed E-state index contributed by atoms with van der Waals surface area (Å²) in [5.74, 6) is -0.402. The van der Waals surface area contributed by atoms with E-state index in [4.69, 9.17) is 4.74 Å². The number of carbonyl (C=O) groups is 2. The Bertz CT molecular complexity index is 1590. The minimum atomic E-state index is -4.47. The number of anilines is 1. The van der Waals surface area contributed by atoms with E-state index in [1.165, 1.54) is 43.2 Å². The summed E-state index contributed by atoms with van der Waals surface area (Å²) in [4.78, 5) is 39.6. The molecular weight excluding hydrogens is 596 g/mol. The zero-order valence-corrected chi connectivity index (χ0v) is 26.7. The number of methoxy groups -OCH3 is 1. The normalized spacial score (nSPS) is 14.3. The van der Waals surface area contributed by atoms with Crippen LogP contribution in [0.1, 0.15) is 50.2 Å². The maximum atomic E-state index is 14.1. The lowest BCUT2D eigenvalue weighted by molar-refractivity contribution is -0.385. The fourth-order valence-corrected chi connectivity index (χ4v) is 6.92. The van der Waals surface area contributed by atoms with Gasteiger partial charge in [-0.1, -0.05) is 55.7 Å². The molecule has 0 bridgehead atoms. The second-order valence-electron chi connectivity index (χ2n) is 11.3. The molecule has 0 saturated heterocycles. The van der Waals surface area contributed by atoms with Gasteiger partial charge in [0.1, 0.15) is 18.3 Å². The number of ether oxygens (including phenoxy) is 1. The van der Waals surface area contributed by atoms with E-state index in [0.29, 0.717) is 17.7 Å². The van der Waals surface area contributed by atoms with E-state index in [1.54, 1.807) is 19.1 Å². The highest BCUT2D eigenvalue weighted by atomic mass is 32.2. The summed E-state index contributed by atoms with van der Waals surface area (Å²) in [6.07, 6.45) is 5.39. The van der Waals surface area contributed by atoms with Crippen LogP contribution in [0.2, 0.25) is 0 Å². The van der Waals surface area contributed by atoms with Crippen molar-refractivity contribution in [2.24, 2.45) is 0 Å². The summed E-state index contributed by atoms with van der Waals surface area (Å²) >= 11 is 0. The van der Waals surface area contributed by atoms with Crippen LogP contribution in [-0.4, -0.2) is 62.3 Å². The number of nitrogens with zero attached hydrogens (tertiary/aromatic N) is 3. The molecule has 45 heavy (non-hydrogen) atoms. The minimum Gasteiger partial charge on any atom is -0.497 e. The SMILES string of the molecule is COc1ccc(N(CC(=O)N(CCc2ccccc2)[C@H](C)C(=O)NC2CCCCC2)S(=O)(=O)c2ccc(C)c([N+](=O)[O-])c2)cc1. The number of nitro benzene ring substituents is 1. The van der Waals surface area contributed by atoms with E-state index in [1.807, 2.05) is 30.3 Å². The van der Waals surface area contributed by atoms with Crippen molar-refractivity contribution >= 4 is 33.2 Å². The maximum absolute atomic E-state index is 14.1. The lowest BCUT2D eigenvalue weighted by atomic mass is 9.95. The summed E-state index contributed by atoms with van der Waals surface area (Å²) in [7, 11) is -3.00. The van der Waals surface area contributed by atoms with E-state index >= 15 is 0 Å². The van der Waals surface area contributed by atoms with Crippen molar-refractivity contribution in [1.82, 2.24) is 10.2 Å². The van der Waals surface area contributed by atoms with Gasteiger partial charge in [0.25, 0.3) is 15.7 Å². The quantitative estimate of drug-likeness (QED) is 0.205. The molecule has 1 fully saturated rings. The van der Waals surface area contributed by atoms with Gasteiger partial charge in [-0.3, -0.25) is 24.0 Å². The zero-order chi connectivity index (χ0) is 32.6. The average Bonchev–Trinajstić information content (AvgIpc) is 3.04. The Hall–Kier alpha value is -4.45. The van der Waals surface area contributed by atoms with Crippen LogP contribution < -0.4 is 14.4 Å². The molecule has 0 heterocycles. The molecule has 2 amide bonds. The molecule has 3 aromatic rings. The Morgan fingerprint density at radius 1 is 1.02 bits per heavy atom. The number of nitrogens with one attached hydrogen (secondary N) is 1. The van der Waals surface area contributed by atoms with Gasteiger partial charge in [-0.15, -0.1) is 0 Å². The highest BCUT2D eigenvalue weighted by molar-refractivity contribution is 7.92. The van der Waals surface area contributed by atoms with E-state index in [9.17, 15) is 28.1 Å². The molecule has 0 radical (unpaired) electrons. The summed E-state index contributed by atoms with van der Waals surface area (Å²) in [6, 6.07) is 18.5. The van der Waals surface area contributed by atoms with E-state index < -0.39 is 33.4 Å². The molecule has 240 valence electrons. The Labute approximate surface area is 264 Å². The van der Waals surface area contributed by atoms with Crippen LogP contribution in [0, 0.1) is 17.0 Å². The van der Waals surface area contributed by atoms with Gasteiger partial charge >= 0.3 is 0 Å². The number of hydrogen-bond donors (Lipinski definition) is 1.